The van der Waals surface area contributed by atoms with Crippen LogP contribution in [0, 0.1) is 0 Å². The van der Waals surface area contributed by atoms with E-state index in [2.05, 4.69) is 4.98 Å². The number of rotatable bonds is 2. The highest BCUT2D eigenvalue weighted by Crippen LogP contribution is 2.21. The summed E-state index contributed by atoms with van der Waals surface area (Å²) >= 11 is 5.13. The molecule has 0 saturated carbocycles. The molecule has 1 aliphatic rings. The third kappa shape index (κ3) is 1.50. The molecule has 6 heteroatoms. The van der Waals surface area contributed by atoms with Gasteiger partial charge in [-0.25, -0.2) is 0 Å². The van der Waals surface area contributed by atoms with Gasteiger partial charge < -0.3 is 0 Å². The molecule has 0 atom stereocenters. The topological polar surface area (TPSA) is 67.3 Å². The molecule has 0 unspecified atom stereocenters. The molecule has 2 amide bonds. The molecule has 0 fully saturated rings. The van der Waals surface area contributed by atoms with Crippen molar-refractivity contribution in [3.8, 4) is 0 Å². The average molecular weight is 225 g/mol. The van der Waals surface area contributed by atoms with Gasteiger partial charge in [-0.15, -0.1) is 0 Å². The first-order valence-corrected chi connectivity index (χ1v) is 4.47. The van der Waals surface area contributed by atoms with Crippen LogP contribution in [-0.2, 0) is 4.79 Å². The minimum Gasteiger partial charge on any atom is -0.279 e. The Balaban J connectivity index is 2.41. The van der Waals surface area contributed by atoms with Crippen LogP contribution in [0.25, 0.3) is 0 Å². The molecule has 1 aliphatic heterocycles. The van der Waals surface area contributed by atoms with Gasteiger partial charge in [0.2, 0.25) is 5.24 Å². The number of nitrogens with zero attached hydrogens (tertiary/aromatic N) is 2. The van der Waals surface area contributed by atoms with E-state index < -0.39 is 23.6 Å². The highest BCUT2D eigenvalue weighted by molar-refractivity contribution is 6.64. The summed E-state index contributed by atoms with van der Waals surface area (Å²) in [5.74, 6) is -1.04. The Labute approximate surface area is 89.7 Å². The predicted molar refractivity (Wildman–Crippen MR) is 50.5 cm³/mol. The van der Waals surface area contributed by atoms with Crippen LogP contribution in [0.15, 0.2) is 18.5 Å². The van der Waals surface area contributed by atoms with E-state index in [1.54, 1.807) is 0 Å². The molecular formula is C9H5ClN2O3. The molecule has 0 saturated heterocycles. The second-order valence-electron chi connectivity index (χ2n) is 2.97. The van der Waals surface area contributed by atoms with Crippen LogP contribution in [0.2, 0.25) is 0 Å². The maximum Gasteiger partial charge on any atom is 0.263 e. The second kappa shape index (κ2) is 3.43. The van der Waals surface area contributed by atoms with E-state index in [1.165, 1.54) is 18.5 Å². The number of imide groups is 1. The Morgan fingerprint density at radius 1 is 1.33 bits per heavy atom. The second-order valence-corrected chi connectivity index (χ2v) is 3.39. The first-order valence-electron chi connectivity index (χ1n) is 4.10. The van der Waals surface area contributed by atoms with Gasteiger partial charge in [0, 0.05) is 12.4 Å². The van der Waals surface area contributed by atoms with E-state index in [9.17, 15) is 14.4 Å². The van der Waals surface area contributed by atoms with E-state index in [-0.39, 0.29) is 11.1 Å². The van der Waals surface area contributed by atoms with Crippen molar-refractivity contribution in [1.29, 1.82) is 0 Å². The van der Waals surface area contributed by atoms with E-state index >= 15 is 0 Å². The molecule has 76 valence electrons. The Morgan fingerprint density at radius 3 is 2.60 bits per heavy atom. The highest BCUT2D eigenvalue weighted by atomic mass is 35.5. The molecule has 1 aromatic heterocycles. The maximum absolute atomic E-state index is 11.6. The predicted octanol–water partition coefficient (Wildman–Crippen LogP) is 0.443. The van der Waals surface area contributed by atoms with E-state index in [4.69, 9.17) is 11.6 Å². The normalized spacial score (nSPS) is 14.3. The summed E-state index contributed by atoms with van der Waals surface area (Å²) < 4.78 is 0. The Bertz CT molecular complexity index is 437. The molecule has 1 aromatic rings. The summed E-state index contributed by atoms with van der Waals surface area (Å²) in [6, 6.07) is 1.44. The van der Waals surface area contributed by atoms with Gasteiger partial charge >= 0.3 is 0 Å². The highest BCUT2D eigenvalue weighted by Gasteiger charge is 2.36. The molecule has 2 rings (SSSR count). The summed E-state index contributed by atoms with van der Waals surface area (Å²) in [6.07, 6.45) is 2.71. The SMILES string of the molecule is O=C(Cl)CN1C(=O)c2ccncc2C1=O. The molecular weight excluding hydrogens is 220 g/mol. The lowest BCUT2D eigenvalue weighted by molar-refractivity contribution is -0.112. The molecule has 15 heavy (non-hydrogen) atoms. The number of halogens is 1. The molecule has 0 aromatic carbocycles. The zero-order chi connectivity index (χ0) is 11.0. The van der Waals surface area contributed by atoms with Crippen molar-refractivity contribution < 1.29 is 14.4 Å². The average Bonchev–Trinajstić information content (AvgIpc) is 2.44. The van der Waals surface area contributed by atoms with E-state index in [0.717, 1.165) is 4.90 Å². The van der Waals surface area contributed by atoms with Gasteiger partial charge in [0.1, 0.15) is 6.54 Å². The van der Waals surface area contributed by atoms with Crippen LogP contribution in [0.5, 0.6) is 0 Å². The standard InChI is InChI=1S/C9H5ClN2O3/c10-7(13)4-12-8(14)5-1-2-11-3-6(5)9(12)15/h1-3H,4H2. The quantitative estimate of drug-likeness (QED) is 0.540. The van der Waals surface area contributed by atoms with Gasteiger partial charge in [0.25, 0.3) is 11.8 Å². The van der Waals surface area contributed by atoms with Gasteiger partial charge in [0.15, 0.2) is 0 Å². The van der Waals surface area contributed by atoms with Crippen molar-refractivity contribution in [2.24, 2.45) is 0 Å². The monoisotopic (exact) mass is 224 g/mol. The van der Waals surface area contributed by atoms with Gasteiger partial charge in [0.05, 0.1) is 11.1 Å². The number of carbonyl (C=O) groups excluding carboxylic acids is 3. The summed E-state index contributed by atoms with van der Waals surface area (Å²) in [7, 11) is 0. The maximum atomic E-state index is 11.6. The Morgan fingerprint density at radius 2 is 2.00 bits per heavy atom. The summed E-state index contributed by atoms with van der Waals surface area (Å²) in [5.41, 5.74) is 0.466. The molecule has 0 N–H and O–H groups in total. The lowest BCUT2D eigenvalue weighted by atomic mass is 10.2. The van der Waals surface area contributed by atoms with Crippen LogP contribution in [0.3, 0.4) is 0 Å². The third-order valence-electron chi connectivity index (χ3n) is 2.05. The number of amides is 2. The van der Waals surface area contributed by atoms with Gasteiger partial charge in [-0.3, -0.25) is 24.3 Å². The lowest BCUT2D eigenvalue weighted by Gasteiger charge is -2.09. The summed E-state index contributed by atoms with van der Waals surface area (Å²) in [6.45, 7) is -0.409. The minimum atomic E-state index is -0.752. The third-order valence-corrected chi connectivity index (χ3v) is 2.17. The molecule has 0 bridgehead atoms. The fourth-order valence-electron chi connectivity index (χ4n) is 1.40. The Kier molecular flexibility index (Phi) is 2.24. The zero-order valence-electron chi connectivity index (χ0n) is 7.44. The number of hydrogen-bond donors (Lipinski definition) is 0. The lowest BCUT2D eigenvalue weighted by Crippen LogP contribution is -2.33. The van der Waals surface area contributed by atoms with Crippen molar-refractivity contribution in [2.45, 2.75) is 0 Å². The van der Waals surface area contributed by atoms with E-state index in [0.29, 0.717) is 0 Å². The largest absolute Gasteiger partial charge is 0.279 e. The van der Waals surface area contributed by atoms with Crippen molar-refractivity contribution in [3.05, 3.63) is 29.6 Å². The summed E-state index contributed by atoms with van der Waals surface area (Å²) in [5, 5.41) is -0.752. The number of aromatic nitrogens is 1. The van der Waals surface area contributed by atoms with Crippen molar-refractivity contribution in [1.82, 2.24) is 9.88 Å². The fourth-order valence-corrected chi connectivity index (χ4v) is 1.52. The number of hydrogen-bond acceptors (Lipinski definition) is 4. The van der Waals surface area contributed by atoms with Crippen molar-refractivity contribution >= 4 is 28.7 Å². The first kappa shape index (κ1) is 9.79. The Hall–Kier alpha value is -1.75. The molecule has 5 nitrogen and oxygen atoms in total. The minimum absolute atomic E-state index is 0.209. The van der Waals surface area contributed by atoms with Gasteiger partial charge in [-0.1, -0.05) is 0 Å². The van der Waals surface area contributed by atoms with Gasteiger partial charge in [-0.2, -0.15) is 0 Å². The number of pyridine rings is 1. The van der Waals surface area contributed by atoms with Crippen LogP contribution in [-0.4, -0.2) is 33.5 Å². The van der Waals surface area contributed by atoms with Crippen LogP contribution >= 0.6 is 11.6 Å². The van der Waals surface area contributed by atoms with Crippen LogP contribution in [0.4, 0.5) is 0 Å². The van der Waals surface area contributed by atoms with Crippen molar-refractivity contribution in [2.75, 3.05) is 6.54 Å². The molecule has 0 spiro atoms. The van der Waals surface area contributed by atoms with Gasteiger partial charge in [-0.05, 0) is 17.7 Å². The number of fused-ring (bicyclic) bond motifs is 1. The fraction of sp³-hybridized carbons (Fsp3) is 0.111. The van der Waals surface area contributed by atoms with E-state index in [1.807, 2.05) is 0 Å². The molecule has 0 radical (unpaired) electrons. The van der Waals surface area contributed by atoms with Crippen molar-refractivity contribution in [3.63, 3.8) is 0 Å². The smallest absolute Gasteiger partial charge is 0.263 e. The molecule has 0 aliphatic carbocycles. The number of carbonyl (C=O) groups is 3. The summed E-state index contributed by atoms with van der Waals surface area (Å²) in [4.78, 5) is 38.4. The van der Waals surface area contributed by atoms with Crippen LogP contribution < -0.4 is 0 Å². The first-order chi connectivity index (χ1) is 7.11. The zero-order valence-corrected chi connectivity index (χ0v) is 8.19. The molecule has 2 heterocycles. The van der Waals surface area contributed by atoms with Crippen LogP contribution in [0.1, 0.15) is 20.7 Å².